The maximum atomic E-state index is 11.0. The lowest BCUT2D eigenvalue weighted by atomic mass is 9.58. The van der Waals surface area contributed by atoms with Crippen molar-refractivity contribution in [1.29, 1.82) is 0 Å². The van der Waals surface area contributed by atoms with Crippen LogP contribution in [0.3, 0.4) is 0 Å². The molecule has 7 heteroatoms. The van der Waals surface area contributed by atoms with Gasteiger partial charge in [-0.05, 0) is 55.7 Å². The summed E-state index contributed by atoms with van der Waals surface area (Å²) in [5.74, 6) is -0.539. The van der Waals surface area contributed by atoms with E-state index in [4.69, 9.17) is 29.1 Å². The van der Waals surface area contributed by atoms with E-state index in [1.165, 1.54) is 0 Å². The average molecular weight is 418 g/mol. The molecular weight excluding hydrogens is 388 g/mol. The van der Waals surface area contributed by atoms with Crippen molar-refractivity contribution in [2.24, 2.45) is 23.7 Å². The van der Waals surface area contributed by atoms with Gasteiger partial charge in [0.15, 0.2) is 18.2 Å². The standard InChI is InChI=1S/C23H30O7/c1-13-4-9-18-14(2)20(26-12-15-5-7-16(8-6-15)19(24)25)27-21-23(18)17(13)10-11-22(3,28-21)29-30-23/h5-8,13-14,17-18,20-21H,4,9-12H2,1-3H3,(H,24,25)/t13-,14-,17?,18+,20+,21-,22+,23-/m1/s1. The molecule has 1 spiro atoms. The minimum absolute atomic E-state index is 0.115. The van der Waals surface area contributed by atoms with Crippen molar-refractivity contribution >= 4 is 5.97 Å². The van der Waals surface area contributed by atoms with Crippen LogP contribution in [0.5, 0.6) is 0 Å². The maximum absolute atomic E-state index is 11.0. The molecule has 0 aromatic heterocycles. The monoisotopic (exact) mass is 418 g/mol. The highest BCUT2D eigenvalue weighted by Gasteiger charge is 2.69. The van der Waals surface area contributed by atoms with E-state index in [9.17, 15) is 4.79 Å². The van der Waals surface area contributed by atoms with Crippen molar-refractivity contribution in [3.05, 3.63) is 35.4 Å². The molecule has 0 amide bonds. The van der Waals surface area contributed by atoms with E-state index >= 15 is 0 Å². The summed E-state index contributed by atoms with van der Waals surface area (Å²) in [5.41, 5.74) is 0.579. The molecule has 164 valence electrons. The van der Waals surface area contributed by atoms with Crippen LogP contribution in [0.1, 0.15) is 62.4 Å². The lowest BCUT2D eigenvalue weighted by Crippen LogP contribution is -2.70. The number of fused-ring (bicyclic) bond motifs is 2. The maximum Gasteiger partial charge on any atom is 0.335 e. The average Bonchev–Trinajstić information content (AvgIpc) is 2.96. The summed E-state index contributed by atoms with van der Waals surface area (Å²) in [4.78, 5) is 23.0. The Balaban J connectivity index is 1.37. The Morgan fingerprint density at radius 2 is 1.90 bits per heavy atom. The number of aromatic carboxylic acids is 1. The predicted molar refractivity (Wildman–Crippen MR) is 105 cm³/mol. The van der Waals surface area contributed by atoms with Gasteiger partial charge in [-0.3, -0.25) is 0 Å². The first kappa shape index (κ1) is 20.4. The number of ether oxygens (including phenoxy) is 3. The molecule has 1 N–H and O–H groups in total. The second-order valence-corrected chi connectivity index (χ2v) is 9.59. The summed E-state index contributed by atoms with van der Waals surface area (Å²) in [7, 11) is 0. The van der Waals surface area contributed by atoms with Crippen LogP contribution in [0.25, 0.3) is 0 Å². The van der Waals surface area contributed by atoms with Crippen molar-refractivity contribution in [3.8, 4) is 0 Å². The molecule has 5 aliphatic rings. The highest BCUT2D eigenvalue weighted by Crippen LogP contribution is 2.60. The first-order valence-corrected chi connectivity index (χ1v) is 11.0. The van der Waals surface area contributed by atoms with Gasteiger partial charge in [-0.1, -0.05) is 26.0 Å². The predicted octanol–water partition coefficient (Wildman–Crippen LogP) is 4.11. The Labute approximate surface area is 176 Å². The van der Waals surface area contributed by atoms with E-state index in [-0.39, 0.29) is 17.4 Å². The fraction of sp³-hybridized carbons (Fsp3) is 0.696. The van der Waals surface area contributed by atoms with Crippen molar-refractivity contribution < 1.29 is 33.9 Å². The van der Waals surface area contributed by atoms with Gasteiger partial charge in [-0.25, -0.2) is 14.6 Å². The second-order valence-electron chi connectivity index (χ2n) is 9.59. The van der Waals surface area contributed by atoms with Crippen LogP contribution < -0.4 is 0 Å². The molecule has 1 aliphatic carbocycles. The van der Waals surface area contributed by atoms with Gasteiger partial charge in [-0.15, -0.1) is 0 Å². The fourth-order valence-electron chi connectivity index (χ4n) is 5.98. The molecular formula is C23H30O7. The number of rotatable bonds is 4. The molecule has 6 rings (SSSR count). The van der Waals surface area contributed by atoms with E-state index in [1.54, 1.807) is 24.3 Å². The SMILES string of the molecule is C[C@H]1[C@@H](OCc2ccc(C(=O)O)cc2)O[C@@H]2O[C@]3(C)CCC4[C@H](C)CC[C@@H]1[C@]42OO3. The summed E-state index contributed by atoms with van der Waals surface area (Å²) in [6.45, 7) is 6.71. The van der Waals surface area contributed by atoms with E-state index in [1.807, 2.05) is 6.92 Å². The van der Waals surface area contributed by atoms with Gasteiger partial charge in [0.1, 0.15) is 0 Å². The third kappa shape index (κ3) is 3.10. The second kappa shape index (κ2) is 7.28. The number of benzene rings is 1. The zero-order chi connectivity index (χ0) is 21.1. The third-order valence-corrected chi connectivity index (χ3v) is 7.71. The molecule has 8 atom stereocenters. The van der Waals surface area contributed by atoms with Crippen molar-refractivity contribution in [2.45, 2.75) is 77.0 Å². The highest BCUT2D eigenvalue weighted by molar-refractivity contribution is 5.87. The Bertz CT molecular complexity index is 810. The Morgan fingerprint density at radius 1 is 1.13 bits per heavy atom. The molecule has 30 heavy (non-hydrogen) atoms. The van der Waals surface area contributed by atoms with Gasteiger partial charge in [0.05, 0.1) is 12.2 Å². The normalized spacial score (nSPS) is 44.9. The number of carboxylic acid groups (broad SMARTS) is 1. The fourth-order valence-corrected chi connectivity index (χ4v) is 5.98. The summed E-state index contributed by atoms with van der Waals surface area (Å²) in [6.07, 6.45) is 3.01. The van der Waals surface area contributed by atoms with E-state index < -0.39 is 29.9 Å². The van der Waals surface area contributed by atoms with Gasteiger partial charge >= 0.3 is 5.97 Å². The van der Waals surface area contributed by atoms with Crippen LogP contribution in [0.2, 0.25) is 0 Å². The topological polar surface area (TPSA) is 83.5 Å². The Morgan fingerprint density at radius 3 is 2.63 bits per heavy atom. The lowest BCUT2D eigenvalue weighted by Gasteiger charge is -2.60. The Kier molecular flexibility index (Phi) is 4.95. The van der Waals surface area contributed by atoms with Crippen LogP contribution in [0.4, 0.5) is 0 Å². The van der Waals surface area contributed by atoms with Gasteiger partial charge in [-0.2, -0.15) is 0 Å². The zero-order valence-electron chi connectivity index (χ0n) is 17.7. The van der Waals surface area contributed by atoms with Crippen LogP contribution in [0, 0.1) is 23.7 Å². The Hall–Kier alpha value is -1.51. The summed E-state index contributed by atoms with van der Waals surface area (Å²) >= 11 is 0. The highest BCUT2D eigenvalue weighted by atomic mass is 17.3. The molecule has 4 saturated heterocycles. The number of carbonyl (C=O) groups is 1. The quantitative estimate of drug-likeness (QED) is 0.737. The van der Waals surface area contributed by atoms with E-state index in [0.29, 0.717) is 18.4 Å². The van der Waals surface area contributed by atoms with Crippen LogP contribution in [-0.2, 0) is 30.6 Å². The zero-order valence-corrected chi connectivity index (χ0v) is 17.7. The van der Waals surface area contributed by atoms with Crippen molar-refractivity contribution in [2.75, 3.05) is 0 Å². The smallest absolute Gasteiger partial charge is 0.335 e. The van der Waals surface area contributed by atoms with Gasteiger partial charge in [0, 0.05) is 18.3 Å². The van der Waals surface area contributed by atoms with Crippen LogP contribution in [0.15, 0.2) is 24.3 Å². The number of hydrogen-bond donors (Lipinski definition) is 1. The molecule has 2 bridgehead atoms. The molecule has 4 heterocycles. The first-order valence-electron chi connectivity index (χ1n) is 11.0. The van der Waals surface area contributed by atoms with Crippen LogP contribution >= 0.6 is 0 Å². The molecule has 0 radical (unpaired) electrons. The van der Waals surface area contributed by atoms with Crippen LogP contribution in [-0.4, -0.2) is 35.0 Å². The summed E-state index contributed by atoms with van der Waals surface area (Å²) in [5, 5.41) is 9.06. The van der Waals surface area contributed by atoms with E-state index in [0.717, 1.165) is 31.2 Å². The van der Waals surface area contributed by atoms with Gasteiger partial charge in [0.25, 0.3) is 0 Å². The molecule has 7 nitrogen and oxygen atoms in total. The van der Waals surface area contributed by atoms with Crippen molar-refractivity contribution in [3.63, 3.8) is 0 Å². The molecule has 4 aliphatic heterocycles. The molecule has 1 saturated carbocycles. The largest absolute Gasteiger partial charge is 0.478 e. The lowest BCUT2D eigenvalue weighted by molar-refractivity contribution is -0.577. The molecule has 1 aromatic carbocycles. The van der Waals surface area contributed by atoms with Crippen molar-refractivity contribution in [1.82, 2.24) is 0 Å². The minimum atomic E-state index is -0.936. The molecule has 5 fully saturated rings. The summed E-state index contributed by atoms with van der Waals surface area (Å²) < 4.78 is 18.9. The summed E-state index contributed by atoms with van der Waals surface area (Å²) in [6, 6.07) is 6.74. The minimum Gasteiger partial charge on any atom is -0.478 e. The van der Waals surface area contributed by atoms with Gasteiger partial charge < -0.3 is 19.3 Å². The molecule has 1 unspecified atom stereocenters. The number of carboxylic acids is 1. The first-order chi connectivity index (χ1) is 14.3. The number of hydrogen-bond acceptors (Lipinski definition) is 6. The third-order valence-electron chi connectivity index (χ3n) is 7.71. The van der Waals surface area contributed by atoms with Gasteiger partial charge in [0.2, 0.25) is 5.79 Å². The van der Waals surface area contributed by atoms with E-state index in [2.05, 4.69) is 13.8 Å². The molecule has 1 aromatic rings.